The summed E-state index contributed by atoms with van der Waals surface area (Å²) in [5.41, 5.74) is 4.71. The molecule has 2 heterocycles. The quantitative estimate of drug-likeness (QED) is 0.520. The van der Waals surface area contributed by atoms with Crippen LogP contribution >= 0.6 is 0 Å². The van der Waals surface area contributed by atoms with Gasteiger partial charge in [-0.15, -0.1) is 0 Å². The predicted molar refractivity (Wildman–Crippen MR) is 80.4 cm³/mol. The van der Waals surface area contributed by atoms with Crippen LogP contribution in [0.4, 0.5) is 11.5 Å². The summed E-state index contributed by atoms with van der Waals surface area (Å²) in [6.45, 7) is 7.73. The molecule has 0 saturated carbocycles. The van der Waals surface area contributed by atoms with Crippen molar-refractivity contribution in [1.29, 1.82) is 0 Å². The summed E-state index contributed by atoms with van der Waals surface area (Å²) in [6.07, 6.45) is 1.50. The third-order valence-electron chi connectivity index (χ3n) is 3.80. The van der Waals surface area contributed by atoms with Crippen LogP contribution in [0.3, 0.4) is 0 Å². The number of nitrogen functional groups attached to an aromatic ring is 1. The van der Waals surface area contributed by atoms with Crippen molar-refractivity contribution < 1.29 is 14.2 Å². The summed E-state index contributed by atoms with van der Waals surface area (Å²) in [6, 6.07) is 2.72. The van der Waals surface area contributed by atoms with Crippen molar-refractivity contribution in [2.75, 3.05) is 5.73 Å². The fraction of sp³-hybridized carbons (Fsp3) is 0.462. The minimum atomic E-state index is -0.585. The lowest BCUT2D eigenvalue weighted by atomic mass is 9.89. The second kappa shape index (κ2) is 5.12. The Morgan fingerprint density at radius 2 is 1.86 bits per heavy atom. The van der Waals surface area contributed by atoms with Crippen LogP contribution in [0.2, 0.25) is 0 Å². The normalized spacial score (nSPS) is 20.1. The van der Waals surface area contributed by atoms with Gasteiger partial charge >= 0.3 is 7.12 Å². The third kappa shape index (κ3) is 3.06. The lowest BCUT2D eigenvalue weighted by molar-refractivity contribution is -0.385. The Morgan fingerprint density at radius 3 is 2.38 bits per heavy atom. The Labute approximate surface area is 123 Å². The smallest absolute Gasteiger partial charge is 0.400 e. The first-order chi connectivity index (χ1) is 9.62. The summed E-state index contributed by atoms with van der Waals surface area (Å²) in [7, 11) is -0.585. The molecule has 0 aromatic carbocycles. The molecule has 1 fully saturated rings. The Hall–Kier alpha value is -1.93. The number of nitro groups is 1. The molecular formula is C13H18BN3O4. The zero-order chi connectivity index (χ0) is 15.8. The zero-order valence-electron chi connectivity index (χ0n) is 12.5. The van der Waals surface area contributed by atoms with Gasteiger partial charge in [-0.25, -0.2) is 4.98 Å². The molecule has 112 valence electrons. The number of pyridine rings is 1. The second-order valence-electron chi connectivity index (χ2n) is 5.88. The van der Waals surface area contributed by atoms with Crippen LogP contribution in [-0.2, 0) is 9.31 Å². The monoisotopic (exact) mass is 291 g/mol. The largest absolute Gasteiger partial charge is 0.487 e. The minimum Gasteiger partial charge on any atom is -0.400 e. The van der Waals surface area contributed by atoms with E-state index >= 15 is 0 Å². The van der Waals surface area contributed by atoms with E-state index in [2.05, 4.69) is 4.98 Å². The molecule has 0 amide bonds. The zero-order valence-corrected chi connectivity index (χ0v) is 12.5. The predicted octanol–water partition coefficient (Wildman–Crippen LogP) is 2.22. The van der Waals surface area contributed by atoms with Crippen LogP contribution in [0.15, 0.2) is 18.1 Å². The Kier molecular flexibility index (Phi) is 3.77. The molecule has 1 aliphatic rings. The lowest BCUT2D eigenvalue weighted by Crippen LogP contribution is -2.41. The minimum absolute atomic E-state index is 0.114. The van der Waals surface area contributed by atoms with Crippen LogP contribution in [0.1, 0.15) is 33.4 Å². The second-order valence-corrected chi connectivity index (χ2v) is 5.88. The highest BCUT2D eigenvalue weighted by Gasteiger charge is 2.50. The third-order valence-corrected chi connectivity index (χ3v) is 3.80. The van der Waals surface area contributed by atoms with E-state index in [4.69, 9.17) is 15.0 Å². The van der Waals surface area contributed by atoms with Gasteiger partial charge in [-0.1, -0.05) is 5.98 Å². The van der Waals surface area contributed by atoms with Crippen molar-refractivity contribution >= 4 is 24.7 Å². The fourth-order valence-corrected chi connectivity index (χ4v) is 1.90. The van der Waals surface area contributed by atoms with Crippen molar-refractivity contribution in [2.45, 2.75) is 38.9 Å². The SMILES string of the molecule is CC1(C)OB(/C=C/c2nc(N)ccc2[N+](=O)[O-])OC1(C)C. The first kappa shape index (κ1) is 15.5. The lowest BCUT2D eigenvalue weighted by Gasteiger charge is -2.32. The van der Waals surface area contributed by atoms with Crippen LogP contribution in [-0.4, -0.2) is 28.2 Å². The van der Waals surface area contributed by atoms with E-state index in [0.29, 0.717) is 0 Å². The molecule has 1 aromatic rings. The number of nitrogens with zero attached hydrogens (tertiary/aromatic N) is 2. The molecule has 1 aliphatic heterocycles. The van der Waals surface area contributed by atoms with Crippen molar-refractivity contribution in [1.82, 2.24) is 4.98 Å². The van der Waals surface area contributed by atoms with Gasteiger partial charge in [-0.3, -0.25) is 10.1 Å². The molecular weight excluding hydrogens is 273 g/mol. The molecule has 21 heavy (non-hydrogen) atoms. The van der Waals surface area contributed by atoms with Gasteiger partial charge in [0.2, 0.25) is 0 Å². The van der Waals surface area contributed by atoms with Crippen LogP contribution in [0, 0.1) is 10.1 Å². The highest BCUT2D eigenvalue weighted by Crippen LogP contribution is 2.37. The summed E-state index contributed by atoms with van der Waals surface area (Å²) >= 11 is 0. The van der Waals surface area contributed by atoms with Gasteiger partial charge in [0, 0.05) is 6.07 Å². The van der Waals surface area contributed by atoms with Crippen molar-refractivity contribution in [3.8, 4) is 0 Å². The average Bonchev–Trinajstić information content (AvgIpc) is 2.55. The first-order valence-electron chi connectivity index (χ1n) is 6.57. The number of anilines is 1. The number of hydrogen-bond donors (Lipinski definition) is 1. The van der Waals surface area contributed by atoms with E-state index in [1.54, 1.807) is 5.98 Å². The number of rotatable bonds is 3. The molecule has 8 heteroatoms. The van der Waals surface area contributed by atoms with Gasteiger partial charge in [0.1, 0.15) is 11.5 Å². The maximum atomic E-state index is 11.0. The fourth-order valence-electron chi connectivity index (χ4n) is 1.90. The van der Waals surface area contributed by atoms with Gasteiger partial charge in [0.15, 0.2) is 0 Å². The van der Waals surface area contributed by atoms with Gasteiger partial charge in [0.25, 0.3) is 5.69 Å². The van der Waals surface area contributed by atoms with E-state index in [-0.39, 0.29) is 17.2 Å². The Bertz CT molecular complexity index is 585. The summed E-state index contributed by atoms with van der Waals surface area (Å²) in [5, 5.41) is 11.0. The molecule has 0 aliphatic carbocycles. The highest BCUT2D eigenvalue weighted by molar-refractivity contribution is 6.52. The molecule has 7 nitrogen and oxygen atoms in total. The van der Waals surface area contributed by atoms with E-state index in [1.807, 2.05) is 27.7 Å². The standard InChI is InChI=1S/C13H18BN3O4/c1-12(2)13(3,4)21-14(20-12)8-7-9-10(17(18)19)5-6-11(15)16-9/h5-8H,1-4H3,(H2,15,16)/b8-7+. The van der Waals surface area contributed by atoms with Gasteiger partial charge in [-0.2, -0.15) is 0 Å². The summed E-state index contributed by atoms with van der Waals surface area (Å²) < 4.78 is 11.6. The van der Waals surface area contributed by atoms with Crippen molar-refractivity contribution in [3.05, 3.63) is 33.9 Å². The first-order valence-corrected chi connectivity index (χ1v) is 6.57. The van der Waals surface area contributed by atoms with Crippen molar-refractivity contribution in [2.24, 2.45) is 0 Å². The molecule has 2 rings (SSSR count). The average molecular weight is 291 g/mol. The van der Waals surface area contributed by atoms with E-state index in [1.165, 1.54) is 18.2 Å². The molecule has 0 radical (unpaired) electrons. The van der Waals surface area contributed by atoms with E-state index in [0.717, 1.165) is 0 Å². The highest BCUT2D eigenvalue weighted by atomic mass is 16.7. The van der Waals surface area contributed by atoms with Gasteiger partial charge in [0.05, 0.1) is 16.1 Å². The molecule has 0 atom stereocenters. The summed E-state index contributed by atoms with van der Waals surface area (Å²) in [4.78, 5) is 14.4. The Balaban J connectivity index is 2.24. The Morgan fingerprint density at radius 1 is 1.29 bits per heavy atom. The number of aromatic nitrogens is 1. The molecule has 1 aromatic heterocycles. The molecule has 2 N–H and O–H groups in total. The van der Waals surface area contributed by atoms with Crippen LogP contribution in [0.5, 0.6) is 0 Å². The van der Waals surface area contributed by atoms with Crippen molar-refractivity contribution in [3.63, 3.8) is 0 Å². The topological polar surface area (TPSA) is 101 Å². The number of hydrogen-bond acceptors (Lipinski definition) is 6. The molecule has 0 spiro atoms. The maximum Gasteiger partial charge on any atom is 0.487 e. The van der Waals surface area contributed by atoms with Gasteiger partial charge in [-0.05, 0) is 39.8 Å². The van der Waals surface area contributed by atoms with Gasteiger partial charge < -0.3 is 15.0 Å². The maximum absolute atomic E-state index is 11.0. The molecule has 1 saturated heterocycles. The van der Waals surface area contributed by atoms with E-state index < -0.39 is 23.2 Å². The van der Waals surface area contributed by atoms with E-state index in [9.17, 15) is 10.1 Å². The number of nitrogens with two attached hydrogens (primary N) is 1. The summed E-state index contributed by atoms with van der Waals surface area (Å²) in [5.74, 6) is 1.82. The van der Waals surface area contributed by atoms with Crippen LogP contribution < -0.4 is 5.73 Å². The molecule has 0 unspecified atom stereocenters. The molecule has 0 bridgehead atoms. The van der Waals surface area contributed by atoms with Crippen LogP contribution in [0.25, 0.3) is 6.08 Å².